The zero-order valence-corrected chi connectivity index (χ0v) is 36.3. The van der Waals surface area contributed by atoms with Crippen LogP contribution in [0.15, 0.2) is 84.9 Å². The third-order valence-electron chi connectivity index (χ3n) is 11.9. The number of nitrogens with zero attached hydrogens (tertiary/aromatic N) is 1. The number of nitrogens with one attached hydrogen (secondary N) is 3. The van der Waals surface area contributed by atoms with Crippen LogP contribution < -0.4 is 31.1 Å². The number of benzene rings is 3. The molecule has 312 valence electrons. The van der Waals surface area contributed by atoms with Crippen molar-refractivity contribution in [1.29, 1.82) is 0 Å². The van der Waals surface area contributed by atoms with Crippen LogP contribution in [0.5, 0.6) is 5.75 Å². The number of rotatable bonds is 15. The number of carbonyl (C=O) groups excluding carboxylic acids is 5. The minimum absolute atomic E-state index is 0.0195. The second-order valence-corrected chi connectivity index (χ2v) is 21.2. The standard InChI is InChI=1S/C46H62N4O7Si/c1-8-46(6)44(55)48-38(31-33-26-28-34(56-7)29-27-33)43(54)50-30-18-24-39(50)42(53)47-37(41(52)49-46)23-16-11-17-25-40(51)32(2)57-58(45(3,4)5,35-19-12-9-13-20-35)36-21-14-10-15-22-36/h9-10,12-15,19-22,26-29,32,37-39H,8,11,16-18,23-25,30-31H2,1-7H3,(H,47,53)(H,48,55)(H,49,52)/t32-,37+,38+,39-,46+/m1/s1. The van der Waals surface area contributed by atoms with E-state index in [4.69, 9.17) is 9.16 Å². The molecule has 3 N–H and O–H groups in total. The Bertz CT molecular complexity index is 1850. The second-order valence-electron chi connectivity index (χ2n) is 17.0. The van der Waals surface area contributed by atoms with E-state index in [9.17, 15) is 24.0 Å². The van der Waals surface area contributed by atoms with Gasteiger partial charge in [-0.15, -0.1) is 0 Å². The maximum atomic E-state index is 14.1. The molecule has 0 aromatic heterocycles. The summed E-state index contributed by atoms with van der Waals surface area (Å²) in [7, 11) is -1.34. The van der Waals surface area contributed by atoms with E-state index < -0.39 is 49.9 Å². The molecule has 2 heterocycles. The van der Waals surface area contributed by atoms with Gasteiger partial charge in [0.05, 0.1) is 7.11 Å². The topological polar surface area (TPSA) is 143 Å². The summed E-state index contributed by atoms with van der Waals surface area (Å²) in [5.41, 5.74) is -0.521. The van der Waals surface area contributed by atoms with Crippen molar-refractivity contribution < 1.29 is 33.1 Å². The molecule has 11 nitrogen and oxygen atoms in total. The van der Waals surface area contributed by atoms with Crippen molar-refractivity contribution in [3.8, 4) is 5.75 Å². The van der Waals surface area contributed by atoms with Gasteiger partial charge in [-0.2, -0.15) is 0 Å². The Morgan fingerprint density at radius 1 is 0.862 bits per heavy atom. The van der Waals surface area contributed by atoms with Crippen LogP contribution in [0.3, 0.4) is 0 Å². The fourth-order valence-electron chi connectivity index (χ4n) is 8.27. The Hall–Kier alpha value is -4.81. The number of fused-ring (bicyclic) bond motifs is 1. The summed E-state index contributed by atoms with van der Waals surface area (Å²) in [6, 6.07) is 25.2. The van der Waals surface area contributed by atoms with E-state index in [1.807, 2.05) is 55.5 Å². The SMILES string of the molecule is CC[C@]1(C)NC(=O)[C@H](CCCCCC(=O)[C@@H](C)O[Si](c2ccccc2)(c2ccccc2)C(C)(C)C)NC(=O)[C@H]2CCCN2C(=O)[C@H](Cc2ccc(OC)cc2)NC1=O. The Morgan fingerprint density at radius 3 is 2.05 bits per heavy atom. The summed E-state index contributed by atoms with van der Waals surface area (Å²) in [4.78, 5) is 71.1. The average molecular weight is 811 g/mol. The predicted molar refractivity (Wildman–Crippen MR) is 228 cm³/mol. The number of carbonyl (C=O) groups is 5. The number of methoxy groups -OCH3 is 1. The molecular formula is C46H62N4O7Si. The van der Waals surface area contributed by atoms with Gasteiger partial charge in [-0.1, -0.05) is 113 Å². The van der Waals surface area contributed by atoms with Crippen LogP contribution in [0.25, 0.3) is 0 Å². The van der Waals surface area contributed by atoms with Crippen molar-refractivity contribution >= 4 is 48.1 Å². The maximum Gasteiger partial charge on any atom is 0.262 e. The monoisotopic (exact) mass is 810 g/mol. The van der Waals surface area contributed by atoms with Gasteiger partial charge in [-0.25, -0.2) is 0 Å². The number of ether oxygens (including phenoxy) is 1. The molecule has 2 fully saturated rings. The van der Waals surface area contributed by atoms with Gasteiger partial charge < -0.3 is 30.0 Å². The molecule has 2 aliphatic rings. The molecule has 0 bridgehead atoms. The van der Waals surface area contributed by atoms with E-state index in [-0.39, 0.29) is 35.5 Å². The van der Waals surface area contributed by atoms with Gasteiger partial charge in [0.2, 0.25) is 23.6 Å². The second kappa shape index (κ2) is 19.3. The first-order chi connectivity index (χ1) is 27.6. The van der Waals surface area contributed by atoms with E-state index >= 15 is 0 Å². The van der Waals surface area contributed by atoms with Crippen LogP contribution in [0.4, 0.5) is 0 Å². The molecule has 0 saturated carbocycles. The molecule has 0 unspecified atom stereocenters. The molecule has 12 heteroatoms. The Morgan fingerprint density at radius 2 is 1.48 bits per heavy atom. The summed E-state index contributed by atoms with van der Waals surface area (Å²) >= 11 is 0. The van der Waals surface area contributed by atoms with Crippen molar-refractivity contribution in [2.75, 3.05) is 13.7 Å². The highest BCUT2D eigenvalue weighted by molar-refractivity contribution is 6.99. The predicted octanol–water partition coefficient (Wildman–Crippen LogP) is 4.98. The lowest BCUT2D eigenvalue weighted by Gasteiger charge is -2.44. The molecule has 58 heavy (non-hydrogen) atoms. The maximum absolute atomic E-state index is 14.1. The highest BCUT2D eigenvalue weighted by Gasteiger charge is 2.51. The normalized spacial score (nSPS) is 22.5. The molecule has 5 atom stereocenters. The average Bonchev–Trinajstić information content (AvgIpc) is 3.72. The van der Waals surface area contributed by atoms with Gasteiger partial charge >= 0.3 is 0 Å². The van der Waals surface area contributed by atoms with E-state index in [2.05, 4.69) is 61.0 Å². The summed E-state index contributed by atoms with van der Waals surface area (Å²) in [5, 5.41) is 10.8. The van der Waals surface area contributed by atoms with Crippen molar-refractivity contribution in [3.63, 3.8) is 0 Å². The lowest BCUT2D eigenvalue weighted by molar-refractivity contribution is -0.144. The summed E-state index contributed by atoms with van der Waals surface area (Å²) < 4.78 is 12.3. The van der Waals surface area contributed by atoms with Crippen molar-refractivity contribution in [1.82, 2.24) is 20.9 Å². The summed E-state index contributed by atoms with van der Waals surface area (Å²) in [6.45, 7) is 12.2. The van der Waals surface area contributed by atoms with Crippen LogP contribution in [0, 0.1) is 0 Å². The molecular weight excluding hydrogens is 749 g/mol. The first kappa shape index (κ1) is 44.3. The van der Waals surface area contributed by atoms with Crippen LogP contribution in [-0.4, -0.2) is 86.1 Å². The number of hydrogen-bond acceptors (Lipinski definition) is 7. The number of Topliss-reactive ketones (excluding diaryl/α,β-unsaturated/α-hetero) is 1. The van der Waals surface area contributed by atoms with E-state index in [1.54, 1.807) is 38.0 Å². The molecule has 0 radical (unpaired) electrons. The van der Waals surface area contributed by atoms with Crippen molar-refractivity contribution in [2.45, 2.75) is 134 Å². The highest BCUT2D eigenvalue weighted by Crippen LogP contribution is 2.37. The highest BCUT2D eigenvalue weighted by atomic mass is 28.4. The van der Waals surface area contributed by atoms with Gasteiger partial charge in [0.1, 0.15) is 35.5 Å². The number of unbranched alkanes of at least 4 members (excludes halogenated alkanes) is 2. The molecule has 2 aliphatic heterocycles. The minimum atomic E-state index is -2.91. The van der Waals surface area contributed by atoms with Crippen molar-refractivity contribution in [3.05, 3.63) is 90.5 Å². The van der Waals surface area contributed by atoms with E-state index in [1.165, 1.54) is 0 Å². The van der Waals surface area contributed by atoms with Gasteiger partial charge in [0.25, 0.3) is 8.32 Å². The molecule has 3 aromatic rings. The molecule has 0 spiro atoms. The van der Waals surface area contributed by atoms with Gasteiger partial charge in [0, 0.05) is 19.4 Å². The van der Waals surface area contributed by atoms with E-state index in [0.717, 1.165) is 15.9 Å². The Kier molecular flexibility index (Phi) is 14.7. The number of hydrogen-bond donors (Lipinski definition) is 3. The lowest BCUT2D eigenvalue weighted by Crippen LogP contribution is -2.68. The van der Waals surface area contributed by atoms with Gasteiger partial charge in [0.15, 0.2) is 5.78 Å². The number of amides is 4. The van der Waals surface area contributed by atoms with Crippen molar-refractivity contribution in [2.24, 2.45) is 0 Å². The van der Waals surface area contributed by atoms with Crippen LogP contribution in [-0.2, 0) is 34.8 Å². The third-order valence-corrected chi connectivity index (χ3v) is 17.0. The zero-order valence-electron chi connectivity index (χ0n) is 35.3. The van der Waals surface area contributed by atoms with Gasteiger partial charge in [-0.05, 0) is 79.1 Å². The number of ketones is 1. The van der Waals surface area contributed by atoms with E-state index in [0.29, 0.717) is 57.2 Å². The van der Waals surface area contributed by atoms with Gasteiger partial charge in [-0.3, -0.25) is 24.0 Å². The van der Waals surface area contributed by atoms with Crippen LogP contribution >= 0.6 is 0 Å². The minimum Gasteiger partial charge on any atom is -0.497 e. The first-order valence-electron chi connectivity index (χ1n) is 20.8. The molecule has 2 saturated heterocycles. The summed E-state index contributed by atoms with van der Waals surface area (Å²) in [6.07, 6.45) is 3.33. The smallest absolute Gasteiger partial charge is 0.262 e. The largest absolute Gasteiger partial charge is 0.497 e. The Labute approximate surface area is 345 Å². The molecule has 4 amide bonds. The molecule has 3 aromatic carbocycles. The Balaban J connectivity index is 1.25. The van der Waals surface area contributed by atoms with Crippen LogP contribution in [0.2, 0.25) is 5.04 Å². The summed E-state index contributed by atoms with van der Waals surface area (Å²) in [5.74, 6) is -0.954. The first-order valence-corrected chi connectivity index (χ1v) is 22.7. The third kappa shape index (κ3) is 10.1. The molecule has 0 aliphatic carbocycles. The molecule has 5 rings (SSSR count). The lowest BCUT2D eigenvalue weighted by atomic mass is 9.94. The zero-order chi connectivity index (χ0) is 42.1. The fraction of sp³-hybridized carbons (Fsp3) is 0.500. The van der Waals surface area contributed by atoms with Crippen LogP contribution in [0.1, 0.15) is 98.5 Å². The quantitative estimate of drug-likeness (QED) is 0.145. The fourth-order valence-corrected chi connectivity index (χ4v) is 12.9.